The highest BCUT2D eigenvalue weighted by molar-refractivity contribution is 6.58. The molecule has 0 aromatic carbocycles. The summed E-state index contributed by atoms with van der Waals surface area (Å²) in [6.45, 7) is 6.69. The predicted molar refractivity (Wildman–Crippen MR) is 77.1 cm³/mol. The number of aromatic nitrogens is 1. The van der Waals surface area contributed by atoms with Crippen molar-refractivity contribution in [1.82, 2.24) is 4.57 Å². The average molecular weight is 277 g/mol. The highest BCUT2D eigenvalue weighted by Crippen LogP contribution is 2.25. The van der Waals surface area contributed by atoms with E-state index in [4.69, 9.17) is 9.07 Å². The maximum Gasteiger partial charge on any atom is 0.529 e. The highest BCUT2D eigenvalue weighted by Gasteiger charge is 2.40. The van der Waals surface area contributed by atoms with Gasteiger partial charge in [-0.2, -0.15) is 0 Å². The summed E-state index contributed by atoms with van der Waals surface area (Å²) in [5.74, 6) is 0. The topological polar surface area (TPSA) is 67.8 Å². The fourth-order valence-corrected chi connectivity index (χ4v) is 1.60. The van der Waals surface area contributed by atoms with Gasteiger partial charge in [-0.05, 0) is 39.8 Å². The minimum absolute atomic E-state index is 0.297. The molecule has 0 fully saturated rings. The second-order valence-electron chi connectivity index (χ2n) is 5.84. The van der Waals surface area contributed by atoms with Crippen molar-refractivity contribution in [3.63, 3.8) is 0 Å². The first-order valence-electron chi connectivity index (χ1n) is 6.51. The van der Waals surface area contributed by atoms with Crippen LogP contribution in [-0.4, -0.2) is 33.0 Å². The summed E-state index contributed by atoms with van der Waals surface area (Å²) in [7, 11) is -1.24. The first-order chi connectivity index (χ1) is 9.21. The molecule has 108 valence electrons. The normalized spacial score (nSPS) is 12.7. The van der Waals surface area contributed by atoms with E-state index in [1.165, 1.54) is 0 Å². The smallest absolute Gasteiger partial charge is 0.471 e. The van der Waals surface area contributed by atoms with Crippen molar-refractivity contribution in [3.05, 3.63) is 36.9 Å². The summed E-state index contributed by atoms with van der Waals surface area (Å²) >= 11 is 0. The molecule has 0 aliphatic rings. The molecule has 0 amide bonds. The van der Waals surface area contributed by atoms with Crippen LogP contribution >= 0.6 is 0 Å². The lowest BCUT2D eigenvalue weighted by Gasteiger charge is -2.38. The molecule has 0 aliphatic heterocycles. The summed E-state index contributed by atoms with van der Waals surface area (Å²) in [4.78, 5) is 0. The summed E-state index contributed by atoms with van der Waals surface area (Å²) < 4.78 is 12.7. The molecule has 2 rings (SSSR count). The van der Waals surface area contributed by atoms with E-state index in [0.29, 0.717) is 5.66 Å². The largest absolute Gasteiger partial charge is 0.529 e. The summed E-state index contributed by atoms with van der Waals surface area (Å²) in [6.07, 6.45) is 5.30. The SMILES string of the molecule is CC(C)(O)C(C)(C)OB(O)c1cc(-n2cccc2)co1. The first kappa shape index (κ1) is 14.9. The zero-order valence-corrected chi connectivity index (χ0v) is 12.2. The Morgan fingerprint density at radius 3 is 2.35 bits per heavy atom. The molecule has 2 N–H and O–H groups in total. The first-order valence-corrected chi connectivity index (χ1v) is 6.51. The van der Waals surface area contributed by atoms with Crippen LogP contribution in [0.25, 0.3) is 5.69 Å². The molecule has 20 heavy (non-hydrogen) atoms. The van der Waals surface area contributed by atoms with Crippen LogP contribution in [-0.2, 0) is 4.65 Å². The Bertz CT molecular complexity index is 554. The van der Waals surface area contributed by atoms with Crippen molar-refractivity contribution < 1.29 is 19.2 Å². The number of furan rings is 1. The Morgan fingerprint density at radius 2 is 1.80 bits per heavy atom. The minimum Gasteiger partial charge on any atom is -0.471 e. The van der Waals surface area contributed by atoms with Crippen molar-refractivity contribution in [2.75, 3.05) is 0 Å². The van der Waals surface area contributed by atoms with E-state index in [1.807, 2.05) is 29.1 Å². The van der Waals surface area contributed by atoms with Crippen LogP contribution in [0.5, 0.6) is 0 Å². The van der Waals surface area contributed by atoms with E-state index in [1.54, 1.807) is 40.0 Å². The van der Waals surface area contributed by atoms with Crippen molar-refractivity contribution in [1.29, 1.82) is 0 Å². The Labute approximate surface area is 118 Å². The lowest BCUT2D eigenvalue weighted by atomic mass is 9.81. The van der Waals surface area contributed by atoms with Gasteiger partial charge in [0.15, 0.2) is 0 Å². The Balaban J connectivity index is 2.13. The van der Waals surface area contributed by atoms with E-state index < -0.39 is 18.3 Å². The molecule has 2 aromatic heterocycles. The molecule has 5 nitrogen and oxygen atoms in total. The van der Waals surface area contributed by atoms with Gasteiger partial charge in [0.2, 0.25) is 0 Å². The van der Waals surface area contributed by atoms with Crippen molar-refractivity contribution in [2.24, 2.45) is 0 Å². The monoisotopic (exact) mass is 277 g/mol. The van der Waals surface area contributed by atoms with Crippen molar-refractivity contribution >= 4 is 12.8 Å². The van der Waals surface area contributed by atoms with Crippen LogP contribution in [0.2, 0.25) is 0 Å². The van der Waals surface area contributed by atoms with Crippen LogP contribution in [0.3, 0.4) is 0 Å². The maximum absolute atomic E-state index is 10.1. The van der Waals surface area contributed by atoms with Gasteiger partial charge in [-0.3, -0.25) is 0 Å². The zero-order chi connectivity index (χ0) is 15.0. The second kappa shape index (κ2) is 5.12. The van der Waals surface area contributed by atoms with E-state index in [2.05, 4.69) is 0 Å². The zero-order valence-electron chi connectivity index (χ0n) is 12.2. The van der Waals surface area contributed by atoms with Gasteiger partial charge in [0.1, 0.15) is 11.9 Å². The number of nitrogens with zero attached hydrogens (tertiary/aromatic N) is 1. The van der Waals surface area contributed by atoms with E-state index in [9.17, 15) is 10.1 Å². The summed E-state index contributed by atoms with van der Waals surface area (Å²) in [5, 5.41) is 20.1. The van der Waals surface area contributed by atoms with Crippen molar-refractivity contribution in [2.45, 2.75) is 38.9 Å². The fourth-order valence-electron chi connectivity index (χ4n) is 1.60. The predicted octanol–water partition coefficient (Wildman–Crippen LogP) is 1.32. The molecule has 0 bridgehead atoms. The Hall–Kier alpha value is -1.50. The number of aliphatic hydroxyl groups is 1. The third-order valence-electron chi connectivity index (χ3n) is 3.63. The second-order valence-corrected chi connectivity index (χ2v) is 5.84. The molecule has 0 atom stereocenters. The molecule has 0 spiro atoms. The molecular weight excluding hydrogens is 257 g/mol. The molecule has 6 heteroatoms. The van der Waals surface area contributed by atoms with Gasteiger partial charge in [-0.25, -0.2) is 0 Å². The molecule has 0 saturated carbocycles. The van der Waals surface area contributed by atoms with Crippen LogP contribution in [0.1, 0.15) is 27.7 Å². The van der Waals surface area contributed by atoms with Crippen LogP contribution in [0.4, 0.5) is 0 Å². The molecule has 0 aliphatic carbocycles. The van der Waals surface area contributed by atoms with Crippen LogP contribution in [0.15, 0.2) is 41.3 Å². The maximum atomic E-state index is 10.1. The average Bonchev–Trinajstić information content (AvgIpc) is 2.98. The number of rotatable bonds is 5. The number of hydrogen-bond acceptors (Lipinski definition) is 4. The highest BCUT2D eigenvalue weighted by atomic mass is 16.6. The molecular formula is C14H20BNO4. The van der Waals surface area contributed by atoms with Gasteiger partial charge in [-0.15, -0.1) is 0 Å². The van der Waals surface area contributed by atoms with Gasteiger partial charge in [0.05, 0.1) is 16.9 Å². The van der Waals surface area contributed by atoms with Gasteiger partial charge in [0, 0.05) is 18.5 Å². The summed E-state index contributed by atoms with van der Waals surface area (Å²) in [5.41, 5.74) is -0.920. The van der Waals surface area contributed by atoms with Gasteiger partial charge >= 0.3 is 7.12 Å². The molecule has 0 saturated heterocycles. The lowest BCUT2D eigenvalue weighted by Crippen LogP contribution is -2.52. The number of hydrogen-bond donors (Lipinski definition) is 2. The molecule has 0 radical (unpaired) electrons. The van der Waals surface area contributed by atoms with Crippen molar-refractivity contribution in [3.8, 4) is 5.69 Å². The quantitative estimate of drug-likeness (QED) is 0.809. The molecule has 0 unspecified atom stereocenters. The lowest BCUT2D eigenvalue weighted by molar-refractivity contribution is -0.0986. The Kier molecular flexibility index (Phi) is 3.82. The van der Waals surface area contributed by atoms with Crippen LogP contribution < -0.4 is 5.66 Å². The van der Waals surface area contributed by atoms with Crippen LogP contribution in [0, 0.1) is 0 Å². The molecule has 2 aromatic rings. The van der Waals surface area contributed by atoms with Gasteiger partial charge in [-0.1, -0.05) is 0 Å². The summed E-state index contributed by atoms with van der Waals surface area (Å²) in [6, 6.07) is 5.50. The third-order valence-corrected chi connectivity index (χ3v) is 3.63. The van der Waals surface area contributed by atoms with Gasteiger partial charge in [0.25, 0.3) is 0 Å². The minimum atomic E-state index is -1.24. The fraction of sp³-hybridized carbons (Fsp3) is 0.429. The third kappa shape index (κ3) is 2.98. The van der Waals surface area contributed by atoms with E-state index >= 15 is 0 Å². The van der Waals surface area contributed by atoms with Gasteiger partial charge < -0.3 is 23.8 Å². The molecule has 2 heterocycles. The Morgan fingerprint density at radius 1 is 1.20 bits per heavy atom. The van der Waals surface area contributed by atoms with E-state index in [-0.39, 0.29) is 0 Å². The standard InChI is InChI=1S/C14H20BNO4/c1-13(2,17)14(3,4)20-15(18)12-9-11(10-19-12)16-7-5-6-8-16/h5-10,17-18H,1-4H3. The van der Waals surface area contributed by atoms with E-state index in [0.717, 1.165) is 5.69 Å².